The number of nitrogens with one attached hydrogen (secondary N) is 1. The second-order valence-corrected chi connectivity index (χ2v) is 6.81. The number of hydrogen-bond donors (Lipinski definition) is 4. The molecule has 3 aromatic carbocycles. The lowest BCUT2D eigenvalue weighted by Crippen LogP contribution is -2.24. The van der Waals surface area contributed by atoms with Crippen LogP contribution in [0.1, 0.15) is 10.4 Å². The standard InChI is InChI=1S/C19H18N4O3S/c20-19(21)23-18(24)14-6-9-17-13(10-14)2-1-3-16(17)12-4-7-15(8-5-12)22-11-27(25)26/h1-10,22,27H,11H2,(H4,20,21,23,24). The van der Waals surface area contributed by atoms with Crippen molar-refractivity contribution in [2.24, 2.45) is 16.5 Å². The molecule has 27 heavy (non-hydrogen) atoms. The molecule has 0 atom stereocenters. The van der Waals surface area contributed by atoms with Crippen molar-refractivity contribution >= 4 is 39.0 Å². The first-order chi connectivity index (χ1) is 12.9. The third-order valence-corrected chi connectivity index (χ3v) is 4.38. The molecule has 0 unspecified atom stereocenters. The Balaban J connectivity index is 1.95. The predicted octanol–water partition coefficient (Wildman–Crippen LogP) is 1.90. The lowest BCUT2D eigenvalue weighted by atomic mass is 9.97. The van der Waals surface area contributed by atoms with E-state index in [9.17, 15) is 13.2 Å². The Hall–Kier alpha value is -3.39. The van der Waals surface area contributed by atoms with Crippen LogP contribution in [-0.2, 0) is 10.7 Å². The summed E-state index contributed by atoms with van der Waals surface area (Å²) in [6, 6.07) is 18.5. The van der Waals surface area contributed by atoms with Crippen molar-refractivity contribution in [3.63, 3.8) is 0 Å². The zero-order valence-electron chi connectivity index (χ0n) is 14.3. The molecule has 0 radical (unpaired) electrons. The van der Waals surface area contributed by atoms with Crippen LogP contribution in [0.25, 0.3) is 21.9 Å². The van der Waals surface area contributed by atoms with Crippen molar-refractivity contribution in [1.82, 2.24) is 0 Å². The van der Waals surface area contributed by atoms with Crippen molar-refractivity contribution < 1.29 is 13.2 Å². The Labute approximate surface area is 157 Å². The fourth-order valence-corrected chi connectivity index (χ4v) is 3.09. The molecule has 0 heterocycles. The highest BCUT2D eigenvalue weighted by Gasteiger charge is 2.09. The Bertz CT molecular complexity index is 1090. The molecule has 8 heteroatoms. The number of rotatable bonds is 5. The molecular formula is C19H18N4O3S. The first-order valence-electron chi connectivity index (χ1n) is 8.07. The highest BCUT2D eigenvalue weighted by Crippen LogP contribution is 2.30. The second-order valence-electron chi connectivity index (χ2n) is 5.83. The summed E-state index contributed by atoms with van der Waals surface area (Å²) in [4.78, 5) is 15.6. The van der Waals surface area contributed by atoms with Gasteiger partial charge in [-0.15, -0.1) is 0 Å². The van der Waals surface area contributed by atoms with Gasteiger partial charge in [0.05, 0.1) is 0 Å². The minimum Gasteiger partial charge on any atom is -0.372 e. The fraction of sp³-hybridized carbons (Fsp3) is 0.0526. The third-order valence-electron chi connectivity index (χ3n) is 3.97. The fourth-order valence-electron chi connectivity index (χ4n) is 2.77. The van der Waals surface area contributed by atoms with Crippen LogP contribution in [0, 0.1) is 0 Å². The lowest BCUT2D eigenvalue weighted by molar-refractivity contribution is 0.100. The van der Waals surface area contributed by atoms with E-state index in [1.54, 1.807) is 12.1 Å². The van der Waals surface area contributed by atoms with Gasteiger partial charge in [0.2, 0.25) is 0 Å². The van der Waals surface area contributed by atoms with Gasteiger partial charge in [-0.2, -0.15) is 4.99 Å². The van der Waals surface area contributed by atoms with Crippen LogP contribution < -0.4 is 16.8 Å². The maximum absolute atomic E-state index is 12.0. The molecule has 0 aliphatic carbocycles. The van der Waals surface area contributed by atoms with Crippen LogP contribution in [0.5, 0.6) is 0 Å². The average molecular weight is 382 g/mol. The summed E-state index contributed by atoms with van der Waals surface area (Å²) < 4.78 is 21.3. The highest BCUT2D eigenvalue weighted by atomic mass is 32.2. The Morgan fingerprint density at radius 1 is 1.00 bits per heavy atom. The quantitative estimate of drug-likeness (QED) is 0.303. The van der Waals surface area contributed by atoms with Gasteiger partial charge in [-0.1, -0.05) is 36.4 Å². The van der Waals surface area contributed by atoms with Gasteiger partial charge in [0, 0.05) is 11.3 Å². The molecule has 0 aliphatic heterocycles. The number of carbonyl (C=O) groups is 1. The molecular weight excluding hydrogens is 364 g/mol. The molecule has 0 fully saturated rings. The first-order valence-corrected chi connectivity index (χ1v) is 9.43. The van der Waals surface area contributed by atoms with Crippen LogP contribution in [0.3, 0.4) is 0 Å². The van der Waals surface area contributed by atoms with E-state index >= 15 is 0 Å². The maximum Gasteiger partial charge on any atom is 0.280 e. The largest absolute Gasteiger partial charge is 0.372 e. The monoisotopic (exact) mass is 382 g/mol. The third kappa shape index (κ3) is 4.42. The van der Waals surface area contributed by atoms with Gasteiger partial charge in [0.25, 0.3) is 5.91 Å². The molecule has 0 aromatic heterocycles. The summed E-state index contributed by atoms with van der Waals surface area (Å²) in [6.07, 6.45) is 0. The zero-order chi connectivity index (χ0) is 19.4. The topological polar surface area (TPSA) is 128 Å². The number of thiol groups is 1. The number of amides is 1. The number of anilines is 1. The van der Waals surface area contributed by atoms with Gasteiger partial charge < -0.3 is 16.8 Å². The molecule has 3 rings (SSSR count). The van der Waals surface area contributed by atoms with Crippen LogP contribution in [0.4, 0.5) is 5.69 Å². The van der Waals surface area contributed by atoms with E-state index in [-0.39, 0.29) is 11.8 Å². The van der Waals surface area contributed by atoms with Crippen LogP contribution in [0.15, 0.2) is 65.7 Å². The summed E-state index contributed by atoms with van der Waals surface area (Å²) >= 11 is 0. The lowest BCUT2D eigenvalue weighted by Gasteiger charge is -2.09. The Morgan fingerprint density at radius 3 is 2.41 bits per heavy atom. The normalized spacial score (nSPS) is 10.7. The van der Waals surface area contributed by atoms with E-state index in [0.717, 1.165) is 27.6 Å². The SMILES string of the molecule is NC(N)=NC(=O)c1ccc2c(-c3ccc(NC[SH](=O)=O)cc3)cccc2c1. The molecule has 5 N–H and O–H groups in total. The van der Waals surface area contributed by atoms with Crippen molar-refractivity contribution in [3.05, 3.63) is 66.2 Å². The zero-order valence-corrected chi connectivity index (χ0v) is 15.1. The minimum atomic E-state index is -2.48. The minimum absolute atomic E-state index is 0.102. The molecule has 0 spiro atoms. The Kier molecular flexibility index (Phi) is 5.37. The number of nitrogens with zero attached hydrogens (tertiary/aromatic N) is 1. The smallest absolute Gasteiger partial charge is 0.280 e. The molecule has 1 amide bonds. The summed E-state index contributed by atoms with van der Waals surface area (Å²) in [5, 5.41) is 4.69. The molecule has 3 aromatic rings. The van der Waals surface area contributed by atoms with Gasteiger partial charge >= 0.3 is 0 Å². The predicted molar refractivity (Wildman–Crippen MR) is 108 cm³/mol. The van der Waals surface area contributed by atoms with Crippen LogP contribution in [0.2, 0.25) is 0 Å². The van der Waals surface area contributed by atoms with Gasteiger partial charge in [0.1, 0.15) is 5.88 Å². The number of fused-ring (bicyclic) bond motifs is 1. The van der Waals surface area contributed by atoms with Gasteiger partial charge in [0.15, 0.2) is 16.7 Å². The van der Waals surface area contributed by atoms with E-state index in [2.05, 4.69) is 10.3 Å². The van der Waals surface area contributed by atoms with E-state index in [4.69, 9.17) is 11.5 Å². The van der Waals surface area contributed by atoms with E-state index in [1.807, 2.05) is 48.5 Å². The molecule has 0 saturated carbocycles. The van der Waals surface area contributed by atoms with E-state index < -0.39 is 16.6 Å². The summed E-state index contributed by atoms with van der Waals surface area (Å²) in [7, 11) is -2.48. The highest BCUT2D eigenvalue weighted by molar-refractivity contribution is 7.72. The summed E-state index contributed by atoms with van der Waals surface area (Å²) in [5.74, 6) is -0.867. The Morgan fingerprint density at radius 2 is 1.74 bits per heavy atom. The first kappa shape index (κ1) is 18.4. The summed E-state index contributed by atoms with van der Waals surface area (Å²) in [6.45, 7) is 0. The van der Waals surface area contributed by atoms with Crippen molar-refractivity contribution in [2.75, 3.05) is 11.2 Å². The molecule has 0 bridgehead atoms. The number of carbonyl (C=O) groups excluding carboxylic acids is 1. The number of nitrogens with two attached hydrogens (primary N) is 2. The van der Waals surface area contributed by atoms with Crippen molar-refractivity contribution in [1.29, 1.82) is 0 Å². The van der Waals surface area contributed by atoms with Gasteiger partial charge in [-0.05, 0) is 46.2 Å². The van der Waals surface area contributed by atoms with Crippen molar-refractivity contribution in [3.8, 4) is 11.1 Å². The van der Waals surface area contributed by atoms with E-state index in [0.29, 0.717) is 5.56 Å². The van der Waals surface area contributed by atoms with Crippen molar-refractivity contribution in [2.45, 2.75) is 0 Å². The number of guanidine groups is 1. The number of benzene rings is 3. The van der Waals surface area contributed by atoms with E-state index in [1.165, 1.54) is 0 Å². The second kappa shape index (κ2) is 7.88. The van der Waals surface area contributed by atoms with Crippen LogP contribution in [-0.4, -0.2) is 26.2 Å². The van der Waals surface area contributed by atoms with Crippen LogP contribution >= 0.6 is 0 Å². The molecule has 0 aliphatic rings. The molecule has 0 saturated heterocycles. The van der Waals surface area contributed by atoms with Gasteiger partial charge in [-0.3, -0.25) is 4.79 Å². The molecule has 138 valence electrons. The number of hydrogen-bond acceptors (Lipinski definition) is 4. The summed E-state index contributed by atoms with van der Waals surface area (Å²) in [5.41, 5.74) is 13.6. The van der Waals surface area contributed by atoms with Gasteiger partial charge in [-0.25, -0.2) is 8.42 Å². The average Bonchev–Trinajstić information content (AvgIpc) is 2.65. The number of aliphatic imine (C=N–C) groups is 1. The molecule has 7 nitrogen and oxygen atoms in total. The maximum atomic E-state index is 12.0.